The van der Waals surface area contributed by atoms with Gasteiger partial charge in [-0.2, -0.15) is 0 Å². The standard InChI is InChI=1S/C42H66O14/c1-37(2)14-16-42(36(52)56-34-30(48)27(45)26(44)22(19-43)53-34)17-15-40(6)20(21(42)18-37)8-9-24-39(5)12-11-25(38(3,4)23(39)10-13-41(24,40)7)54-35-31(49)28(46)29(47)32(55-35)33(50)51/h8,21-32,34-35,43-49H,9-19H2,1-7H3,(H,50,51)/t21-,22+,23?,24?,25+,26+,27-,28-,29-,30+,31+,32-,34-,35+,39-,40+,41+,42-/m0/s1. The molecule has 6 fully saturated rings. The van der Waals surface area contributed by atoms with Crippen molar-refractivity contribution in [1.82, 2.24) is 0 Å². The van der Waals surface area contributed by atoms with Crippen LogP contribution in [0.5, 0.6) is 0 Å². The largest absolute Gasteiger partial charge is 0.479 e. The highest BCUT2D eigenvalue weighted by atomic mass is 16.7. The van der Waals surface area contributed by atoms with Crippen LogP contribution in [-0.4, -0.2) is 127 Å². The first-order chi connectivity index (χ1) is 26.0. The van der Waals surface area contributed by atoms with E-state index in [9.17, 15) is 50.4 Å². The summed E-state index contributed by atoms with van der Waals surface area (Å²) in [5.41, 5.74) is -0.448. The van der Waals surface area contributed by atoms with Gasteiger partial charge in [0.25, 0.3) is 0 Å². The molecule has 2 heterocycles. The number of carbonyl (C=O) groups is 2. The molecule has 2 unspecified atom stereocenters. The second kappa shape index (κ2) is 14.2. The molecule has 0 aromatic rings. The van der Waals surface area contributed by atoms with Crippen LogP contribution in [0.25, 0.3) is 0 Å². The number of rotatable bonds is 6. The van der Waals surface area contributed by atoms with E-state index in [0.717, 1.165) is 44.9 Å². The van der Waals surface area contributed by atoms with Gasteiger partial charge in [0.15, 0.2) is 12.4 Å². The summed E-state index contributed by atoms with van der Waals surface area (Å²) in [4.78, 5) is 26.4. The number of carboxylic acid groups (broad SMARTS) is 1. The first-order valence-electron chi connectivity index (χ1n) is 20.8. The van der Waals surface area contributed by atoms with E-state index < -0.39 is 96.9 Å². The fourth-order valence-electron chi connectivity index (χ4n) is 13.5. The predicted octanol–water partition coefficient (Wildman–Crippen LogP) is 2.41. The van der Waals surface area contributed by atoms with Crippen LogP contribution in [0.4, 0.5) is 0 Å². The Balaban J connectivity index is 1.16. The molecular formula is C42H66O14. The monoisotopic (exact) mass is 794 g/mol. The number of esters is 1. The van der Waals surface area contributed by atoms with Crippen molar-refractivity contribution in [2.45, 2.75) is 180 Å². The number of aliphatic carboxylic acids is 1. The molecule has 0 bridgehead atoms. The first kappa shape index (κ1) is 42.4. The summed E-state index contributed by atoms with van der Waals surface area (Å²) in [6.07, 6.45) is -6.14. The van der Waals surface area contributed by atoms with Crippen molar-refractivity contribution in [3.63, 3.8) is 0 Å². The number of allylic oxidation sites excluding steroid dienone is 2. The fourth-order valence-corrected chi connectivity index (χ4v) is 13.5. The van der Waals surface area contributed by atoms with Crippen molar-refractivity contribution < 1.29 is 69.4 Å². The lowest BCUT2D eigenvalue weighted by Crippen LogP contribution is -2.66. The van der Waals surface area contributed by atoms with Crippen LogP contribution in [0.3, 0.4) is 0 Å². The number of carboxylic acids is 1. The molecule has 14 nitrogen and oxygen atoms in total. The number of aliphatic hydroxyl groups excluding tert-OH is 7. The van der Waals surface area contributed by atoms with Gasteiger partial charge < -0.3 is 59.8 Å². The summed E-state index contributed by atoms with van der Waals surface area (Å²) in [5.74, 6) is -1.52. The van der Waals surface area contributed by atoms with Crippen LogP contribution in [0.2, 0.25) is 0 Å². The Labute approximate surface area is 329 Å². The summed E-state index contributed by atoms with van der Waals surface area (Å²) in [5, 5.41) is 82.4. The molecule has 0 aromatic heterocycles. The van der Waals surface area contributed by atoms with Crippen molar-refractivity contribution in [1.29, 1.82) is 0 Å². The van der Waals surface area contributed by atoms with E-state index in [0.29, 0.717) is 25.2 Å². The van der Waals surface area contributed by atoms with Gasteiger partial charge in [-0.1, -0.05) is 60.1 Å². The van der Waals surface area contributed by atoms with Gasteiger partial charge in [0.2, 0.25) is 6.29 Å². The van der Waals surface area contributed by atoms with Crippen LogP contribution in [0, 0.1) is 50.2 Å². The van der Waals surface area contributed by atoms with Crippen LogP contribution >= 0.6 is 0 Å². The Morgan fingerprint density at radius 2 is 1.39 bits per heavy atom. The summed E-state index contributed by atoms with van der Waals surface area (Å²) >= 11 is 0. The number of carbonyl (C=O) groups excluding carboxylic acids is 1. The van der Waals surface area contributed by atoms with Gasteiger partial charge in [-0.15, -0.1) is 0 Å². The average molecular weight is 795 g/mol. The van der Waals surface area contributed by atoms with E-state index in [2.05, 4.69) is 54.5 Å². The van der Waals surface area contributed by atoms with E-state index in [4.69, 9.17) is 18.9 Å². The lowest BCUT2D eigenvalue weighted by Gasteiger charge is -2.71. The number of aliphatic hydroxyl groups is 7. The SMILES string of the molecule is CC1(C)CC[C@]2(C(=O)O[C@@H]3O[C@H](CO)[C@@H](O)[C@H](O)[C@H]3O)CC[C@]3(C)C(=CCC4[C@@]5(C)CC[C@@H](O[C@@H]6O[C@H](C(=O)O)[C@@H](O)[C@H](O)[C@H]6O)C(C)(C)C5CC[C@]43C)[C@@H]2C1. The molecule has 56 heavy (non-hydrogen) atoms. The zero-order valence-corrected chi connectivity index (χ0v) is 34.0. The van der Waals surface area contributed by atoms with Gasteiger partial charge in [-0.3, -0.25) is 4.79 Å². The normalized spacial score (nSPS) is 52.3. The summed E-state index contributed by atoms with van der Waals surface area (Å²) < 4.78 is 23.5. The number of hydrogen-bond acceptors (Lipinski definition) is 13. The Morgan fingerprint density at radius 1 is 0.750 bits per heavy atom. The molecule has 318 valence electrons. The van der Waals surface area contributed by atoms with Gasteiger partial charge in [-0.25, -0.2) is 4.79 Å². The Hall–Kier alpha value is -1.72. The van der Waals surface area contributed by atoms with Crippen LogP contribution < -0.4 is 0 Å². The molecule has 18 atom stereocenters. The topological polar surface area (TPSA) is 233 Å². The molecule has 2 saturated heterocycles. The molecular weight excluding hydrogens is 728 g/mol. The predicted molar refractivity (Wildman–Crippen MR) is 198 cm³/mol. The van der Waals surface area contributed by atoms with E-state index in [1.54, 1.807) is 0 Å². The van der Waals surface area contributed by atoms with Gasteiger partial charge in [0.05, 0.1) is 18.1 Å². The van der Waals surface area contributed by atoms with Crippen molar-refractivity contribution >= 4 is 11.9 Å². The minimum absolute atomic E-state index is 0.0330. The maximum Gasteiger partial charge on any atom is 0.335 e. The highest BCUT2D eigenvalue weighted by Crippen LogP contribution is 2.76. The van der Waals surface area contributed by atoms with Crippen LogP contribution in [0.15, 0.2) is 11.6 Å². The Morgan fingerprint density at radius 3 is 2.05 bits per heavy atom. The van der Waals surface area contributed by atoms with E-state index in [1.807, 2.05) is 0 Å². The maximum absolute atomic E-state index is 14.6. The number of hydrogen-bond donors (Lipinski definition) is 8. The fraction of sp³-hybridized carbons (Fsp3) is 0.905. The van der Waals surface area contributed by atoms with Crippen molar-refractivity contribution in [3.8, 4) is 0 Å². The molecule has 8 N–H and O–H groups in total. The average Bonchev–Trinajstić information content (AvgIpc) is 3.12. The molecule has 7 rings (SSSR count). The summed E-state index contributed by atoms with van der Waals surface area (Å²) in [6, 6.07) is 0. The maximum atomic E-state index is 14.6. The molecule has 0 spiro atoms. The van der Waals surface area contributed by atoms with Gasteiger partial charge in [0, 0.05) is 0 Å². The first-order valence-corrected chi connectivity index (χ1v) is 20.8. The number of ether oxygens (including phenoxy) is 4. The minimum atomic E-state index is -1.79. The van der Waals surface area contributed by atoms with E-state index >= 15 is 0 Å². The molecule has 0 aromatic carbocycles. The Bertz CT molecular complexity index is 1560. The third-order valence-electron chi connectivity index (χ3n) is 17.2. The van der Waals surface area contributed by atoms with Crippen molar-refractivity contribution in [2.75, 3.05) is 6.61 Å². The Kier molecular flexibility index (Phi) is 10.8. The van der Waals surface area contributed by atoms with Crippen molar-refractivity contribution in [3.05, 3.63) is 11.6 Å². The minimum Gasteiger partial charge on any atom is -0.479 e. The lowest BCUT2D eigenvalue weighted by molar-refractivity contribution is -0.324. The van der Waals surface area contributed by atoms with Crippen LogP contribution in [0.1, 0.15) is 113 Å². The second-order valence-electron chi connectivity index (χ2n) is 20.7. The summed E-state index contributed by atoms with van der Waals surface area (Å²) in [6.45, 7) is 15.5. The van der Waals surface area contributed by atoms with E-state index in [1.165, 1.54) is 5.57 Å². The van der Waals surface area contributed by atoms with Crippen LogP contribution in [-0.2, 0) is 28.5 Å². The zero-order chi connectivity index (χ0) is 41.1. The number of fused-ring (bicyclic) bond motifs is 7. The highest BCUT2D eigenvalue weighted by Gasteiger charge is 2.70. The third kappa shape index (κ3) is 6.17. The molecule has 5 aliphatic carbocycles. The van der Waals surface area contributed by atoms with Gasteiger partial charge in [0.1, 0.15) is 42.7 Å². The third-order valence-corrected chi connectivity index (χ3v) is 17.2. The molecule has 14 heteroatoms. The summed E-state index contributed by atoms with van der Waals surface area (Å²) in [7, 11) is 0. The molecule has 0 amide bonds. The molecule has 2 aliphatic heterocycles. The van der Waals surface area contributed by atoms with E-state index in [-0.39, 0.29) is 33.5 Å². The van der Waals surface area contributed by atoms with Gasteiger partial charge in [-0.05, 0) is 109 Å². The smallest absolute Gasteiger partial charge is 0.335 e. The lowest BCUT2D eigenvalue weighted by atomic mass is 9.33. The highest BCUT2D eigenvalue weighted by molar-refractivity contribution is 5.79. The quantitative estimate of drug-likeness (QED) is 0.110. The molecule has 0 radical (unpaired) electrons. The molecule has 7 aliphatic rings. The van der Waals surface area contributed by atoms with Crippen molar-refractivity contribution in [2.24, 2.45) is 50.2 Å². The zero-order valence-electron chi connectivity index (χ0n) is 34.0. The second-order valence-corrected chi connectivity index (χ2v) is 20.7. The molecule has 4 saturated carbocycles. The van der Waals surface area contributed by atoms with Gasteiger partial charge >= 0.3 is 11.9 Å².